The summed E-state index contributed by atoms with van der Waals surface area (Å²) in [7, 11) is 0. The predicted octanol–water partition coefficient (Wildman–Crippen LogP) is 5.77. The van der Waals surface area contributed by atoms with Gasteiger partial charge in [-0.3, -0.25) is 34.1 Å². The van der Waals surface area contributed by atoms with E-state index in [2.05, 4.69) is 52.1 Å². The van der Waals surface area contributed by atoms with Gasteiger partial charge in [0, 0.05) is 58.3 Å². The zero-order valence-corrected chi connectivity index (χ0v) is 32.2. The molecule has 1 saturated heterocycles. The van der Waals surface area contributed by atoms with Crippen molar-refractivity contribution in [2.24, 2.45) is 4.99 Å². The van der Waals surface area contributed by atoms with Gasteiger partial charge >= 0.3 is 0 Å². The molecule has 12 nitrogen and oxygen atoms in total. The first-order valence-electron chi connectivity index (χ1n) is 18.3. The Morgan fingerprint density at radius 1 is 0.964 bits per heavy atom. The Hall–Kier alpha value is -5.66. The van der Waals surface area contributed by atoms with Gasteiger partial charge in [-0.05, 0) is 86.2 Å². The SMILES string of the molecule is Cc1sc2c(c1C)C(c1ccc(Cl)cc1)=N[C@@H](CC(=O)NCCNc1ccc(Cc3ccc4c(c3)CN(C3CCC(=O)NC3=O)C4=O)cc1)c1nnc(C)n1-2. The van der Waals surface area contributed by atoms with Crippen LogP contribution in [0.4, 0.5) is 5.69 Å². The number of imide groups is 1. The number of amides is 4. The summed E-state index contributed by atoms with van der Waals surface area (Å²) >= 11 is 7.91. The molecule has 280 valence electrons. The van der Waals surface area contributed by atoms with Crippen LogP contribution in [-0.2, 0) is 27.3 Å². The minimum Gasteiger partial charge on any atom is -0.383 e. The maximum Gasteiger partial charge on any atom is 0.255 e. The lowest BCUT2D eigenvalue weighted by atomic mass is 9.99. The molecule has 14 heteroatoms. The van der Waals surface area contributed by atoms with Crippen LogP contribution in [0, 0.1) is 20.8 Å². The summed E-state index contributed by atoms with van der Waals surface area (Å²) in [5.74, 6) is 0.362. The summed E-state index contributed by atoms with van der Waals surface area (Å²) < 4.78 is 2.04. The summed E-state index contributed by atoms with van der Waals surface area (Å²) in [5, 5.41) is 19.3. The average molecular weight is 775 g/mol. The van der Waals surface area contributed by atoms with Gasteiger partial charge in [0.2, 0.25) is 17.7 Å². The van der Waals surface area contributed by atoms with Crippen LogP contribution in [0.5, 0.6) is 0 Å². The molecular weight excluding hydrogens is 736 g/mol. The van der Waals surface area contributed by atoms with Crippen LogP contribution in [0.2, 0.25) is 5.02 Å². The van der Waals surface area contributed by atoms with Crippen molar-refractivity contribution in [3.63, 3.8) is 0 Å². The fourth-order valence-corrected chi connectivity index (χ4v) is 8.84. The van der Waals surface area contributed by atoms with Gasteiger partial charge in [-0.15, -0.1) is 21.5 Å². The monoisotopic (exact) mass is 774 g/mol. The van der Waals surface area contributed by atoms with E-state index in [4.69, 9.17) is 16.6 Å². The summed E-state index contributed by atoms with van der Waals surface area (Å²) in [5.41, 5.74) is 8.48. The number of thiophene rings is 1. The molecule has 0 bridgehead atoms. The predicted molar refractivity (Wildman–Crippen MR) is 211 cm³/mol. The number of halogens is 1. The van der Waals surface area contributed by atoms with Gasteiger partial charge in [0.1, 0.15) is 22.9 Å². The fourth-order valence-electron chi connectivity index (χ4n) is 7.50. The topological polar surface area (TPSA) is 151 Å². The Bertz CT molecular complexity index is 2380. The number of benzene rings is 3. The van der Waals surface area contributed by atoms with Crippen LogP contribution in [0.1, 0.15) is 85.6 Å². The van der Waals surface area contributed by atoms with Crippen molar-refractivity contribution in [3.8, 4) is 5.00 Å². The molecule has 5 aromatic rings. The molecule has 0 spiro atoms. The van der Waals surface area contributed by atoms with Crippen LogP contribution >= 0.6 is 22.9 Å². The molecule has 2 aromatic heterocycles. The quantitative estimate of drug-likeness (QED) is 0.121. The van der Waals surface area contributed by atoms with Crippen molar-refractivity contribution in [1.29, 1.82) is 0 Å². The fraction of sp³-hybridized carbons (Fsp3) is 0.293. The Labute approximate surface area is 327 Å². The molecule has 55 heavy (non-hydrogen) atoms. The second-order valence-corrected chi connectivity index (χ2v) is 15.8. The van der Waals surface area contributed by atoms with E-state index in [-0.39, 0.29) is 30.6 Å². The molecule has 3 aliphatic heterocycles. The number of hydrogen-bond donors (Lipinski definition) is 3. The lowest BCUT2D eigenvalue weighted by molar-refractivity contribution is -0.137. The average Bonchev–Trinajstić information content (AvgIpc) is 3.77. The zero-order valence-electron chi connectivity index (χ0n) is 30.6. The highest BCUT2D eigenvalue weighted by molar-refractivity contribution is 7.15. The number of aryl methyl sites for hydroxylation is 2. The van der Waals surface area contributed by atoms with E-state index in [0.717, 1.165) is 55.6 Å². The number of nitrogens with zero attached hydrogens (tertiary/aromatic N) is 5. The first-order chi connectivity index (χ1) is 26.5. The summed E-state index contributed by atoms with van der Waals surface area (Å²) in [4.78, 5) is 58.4. The Morgan fingerprint density at radius 3 is 2.49 bits per heavy atom. The van der Waals surface area contributed by atoms with Crippen molar-refractivity contribution in [2.45, 2.75) is 65.1 Å². The molecule has 0 saturated carbocycles. The van der Waals surface area contributed by atoms with Crippen molar-refractivity contribution >= 4 is 58.0 Å². The number of rotatable bonds is 10. The third-order valence-corrected chi connectivity index (χ3v) is 11.9. The maximum atomic E-state index is 13.4. The normalized spacial score (nSPS) is 17.6. The first kappa shape index (κ1) is 36.3. The van der Waals surface area contributed by atoms with Crippen LogP contribution in [0.3, 0.4) is 0 Å². The number of piperidine rings is 1. The van der Waals surface area contributed by atoms with E-state index in [1.54, 1.807) is 16.2 Å². The number of carbonyl (C=O) groups excluding carboxylic acids is 4. The van der Waals surface area contributed by atoms with Gasteiger partial charge in [-0.25, -0.2) is 0 Å². The van der Waals surface area contributed by atoms with Crippen LogP contribution in [0.15, 0.2) is 71.7 Å². The zero-order chi connectivity index (χ0) is 38.4. The second kappa shape index (κ2) is 14.9. The molecule has 3 aliphatic rings. The Morgan fingerprint density at radius 2 is 1.73 bits per heavy atom. The van der Waals surface area contributed by atoms with E-state index >= 15 is 0 Å². The van der Waals surface area contributed by atoms with E-state index in [9.17, 15) is 19.2 Å². The molecule has 1 unspecified atom stereocenters. The van der Waals surface area contributed by atoms with Crippen molar-refractivity contribution in [2.75, 3.05) is 18.4 Å². The number of fused-ring (bicyclic) bond motifs is 4. The molecule has 8 rings (SSSR count). The van der Waals surface area contributed by atoms with Crippen molar-refractivity contribution in [1.82, 2.24) is 30.3 Å². The van der Waals surface area contributed by atoms with Gasteiger partial charge in [0.15, 0.2) is 5.82 Å². The number of anilines is 1. The van der Waals surface area contributed by atoms with Crippen LogP contribution in [-0.4, -0.2) is 68.1 Å². The van der Waals surface area contributed by atoms with E-state index in [1.807, 2.05) is 66.1 Å². The van der Waals surface area contributed by atoms with Gasteiger partial charge in [-0.1, -0.05) is 48.0 Å². The summed E-state index contributed by atoms with van der Waals surface area (Å²) in [6.45, 7) is 7.42. The molecule has 3 aromatic carbocycles. The Kier molecular flexibility index (Phi) is 9.82. The lowest BCUT2D eigenvalue weighted by Gasteiger charge is -2.29. The highest BCUT2D eigenvalue weighted by atomic mass is 35.5. The highest BCUT2D eigenvalue weighted by Crippen LogP contribution is 2.39. The number of aromatic nitrogens is 3. The second-order valence-electron chi connectivity index (χ2n) is 14.2. The number of carbonyl (C=O) groups is 4. The van der Waals surface area contributed by atoms with Crippen molar-refractivity contribution in [3.05, 3.63) is 127 Å². The number of nitrogens with one attached hydrogen (secondary N) is 3. The third-order valence-electron chi connectivity index (χ3n) is 10.5. The molecular formula is C41H39ClN8O4S. The third kappa shape index (κ3) is 7.17. The van der Waals surface area contributed by atoms with Gasteiger partial charge < -0.3 is 15.5 Å². The van der Waals surface area contributed by atoms with Crippen LogP contribution < -0.4 is 16.0 Å². The molecule has 4 amide bonds. The smallest absolute Gasteiger partial charge is 0.255 e. The first-order valence-corrected chi connectivity index (χ1v) is 19.5. The molecule has 5 heterocycles. The molecule has 1 fully saturated rings. The standard InChI is InChI=1S/C41H39ClN8O4S/c1-22-23(2)55-41-36(22)37(27-7-9-29(42)10-8-27)45-32(38-48-47-24(3)50(38)41)20-35(52)44-17-16-43-30-11-4-25(5-12-30)18-26-6-13-31-28(19-26)21-49(40(31)54)33-14-15-34(51)46-39(33)53/h4-13,19,32-33,43H,14-18,20-21H2,1-3H3,(H,44,52)(H,46,51,53)/t32-,33?/m0/s1. The number of hydrogen-bond acceptors (Lipinski definition) is 9. The van der Waals surface area contributed by atoms with E-state index in [1.165, 1.54) is 4.88 Å². The van der Waals surface area contributed by atoms with Gasteiger partial charge in [-0.2, -0.15) is 0 Å². The summed E-state index contributed by atoms with van der Waals surface area (Å²) in [6.07, 6.45) is 1.36. The van der Waals surface area contributed by atoms with E-state index < -0.39 is 18.0 Å². The molecule has 3 N–H and O–H groups in total. The van der Waals surface area contributed by atoms with Gasteiger partial charge in [0.25, 0.3) is 5.91 Å². The number of aliphatic imine (C=N–C) groups is 1. The Balaban J connectivity index is 0.873. The van der Waals surface area contributed by atoms with Gasteiger partial charge in [0.05, 0.1) is 12.1 Å². The molecule has 2 atom stereocenters. The molecule has 0 aliphatic carbocycles. The minimum atomic E-state index is -0.629. The summed E-state index contributed by atoms with van der Waals surface area (Å²) in [6, 6.07) is 20.4. The highest BCUT2D eigenvalue weighted by Gasteiger charge is 2.39. The minimum absolute atomic E-state index is 0.114. The van der Waals surface area contributed by atoms with Crippen molar-refractivity contribution < 1.29 is 19.2 Å². The molecule has 0 radical (unpaired) electrons. The lowest BCUT2D eigenvalue weighted by Crippen LogP contribution is -2.52. The maximum absolute atomic E-state index is 13.4. The largest absolute Gasteiger partial charge is 0.383 e. The van der Waals surface area contributed by atoms with Crippen LogP contribution in [0.25, 0.3) is 5.00 Å². The van der Waals surface area contributed by atoms with E-state index in [0.29, 0.717) is 48.9 Å².